The van der Waals surface area contributed by atoms with Gasteiger partial charge in [-0.15, -0.1) is 0 Å². The van der Waals surface area contributed by atoms with Crippen LogP contribution >= 0.6 is 11.6 Å². The van der Waals surface area contributed by atoms with E-state index in [4.69, 9.17) is 16.3 Å². The zero-order valence-corrected chi connectivity index (χ0v) is 15.6. The molecular weight excluding hydrogens is 313 g/mol. The second-order valence-electron chi connectivity index (χ2n) is 4.43. The number of hydrogen-bond donors (Lipinski definition) is 1. The van der Waals surface area contributed by atoms with Gasteiger partial charge in [0, 0.05) is 16.7 Å². The smallest absolute Gasteiger partial charge is 1.00 e. The van der Waals surface area contributed by atoms with Crippen LogP contribution in [0.1, 0.15) is 31.3 Å². The Morgan fingerprint density at radius 1 is 1.32 bits per heavy atom. The average molecular weight is 330 g/mol. The topological polar surface area (TPSA) is 59.4 Å². The Balaban J connectivity index is 0.00000242. The molecule has 1 heterocycles. The Morgan fingerprint density at radius 2 is 1.95 bits per heavy atom. The third-order valence-corrected chi connectivity index (χ3v) is 3.30. The third-order valence-electron chi connectivity index (χ3n) is 3.05. The molecule has 0 atom stereocenters. The van der Waals surface area contributed by atoms with Gasteiger partial charge in [0.2, 0.25) is 0 Å². The molecule has 0 spiro atoms. The first kappa shape index (κ1) is 19.0. The van der Waals surface area contributed by atoms with E-state index in [9.17, 15) is 9.90 Å². The van der Waals surface area contributed by atoms with Crippen molar-refractivity contribution in [2.24, 2.45) is 0 Å². The number of rotatable bonds is 5. The molecule has 0 bridgehead atoms. The van der Waals surface area contributed by atoms with Crippen LogP contribution in [-0.4, -0.2) is 22.7 Å². The van der Waals surface area contributed by atoms with E-state index in [0.29, 0.717) is 35.2 Å². The molecule has 1 aromatic heterocycles. The molecule has 2 rings (SSSR count). The molecule has 22 heavy (non-hydrogen) atoms. The summed E-state index contributed by atoms with van der Waals surface area (Å²) in [5, 5.41) is 10.0. The Kier molecular flexibility index (Phi) is 7.36. The molecule has 0 aliphatic carbocycles. The maximum atomic E-state index is 11.4. The van der Waals surface area contributed by atoms with E-state index in [1.54, 1.807) is 18.2 Å². The number of aromatic carboxylic acids is 1. The van der Waals surface area contributed by atoms with Gasteiger partial charge in [0.05, 0.1) is 18.0 Å². The van der Waals surface area contributed by atoms with Crippen molar-refractivity contribution < 1.29 is 45.6 Å². The average Bonchev–Trinajstić information content (AvgIpc) is 2.47. The Morgan fingerprint density at radius 3 is 2.45 bits per heavy atom. The number of ether oxygens (including phenoxy) is 1. The van der Waals surface area contributed by atoms with Gasteiger partial charge in [0.25, 0.3) is 0 Å². The van der Waals surface area contributed by atoms with E-state index >= 15 is 0 Å². The van der Waals surface area contributed by atoms with Crippen molar-refractivity contribution in [3.63, 3.8) is 0 Å². The molecule has 0 aliphatic heterocycles. The van der Waals surface area contributed by atoms with E-state index in [-0.39, 0.29) is 36.5 Å². The summed E-state index contributed by atoms with van der Waals surface area (Å²) in [5.41, 5.74) is 2.19. The van der Waals surface area contributed by atoms with Crippen molar-refractivity contribution >= 4 is 17.6 Å². The van der Waals surface area contributed by atoms with Gasteiger partial charge in [-0.05, 0) is 25.5 Å². The van der Waals surface area contributed by atoms with Crippen LogP contribution in [0.5, 0.6) is 5.75 Å². The second-order valence-corrected chi connectivity index (χ2v) is 4.86. The molecule has 0 aliphatic rings. The summed E-state index contributed by atoms with van der Waals surface area (Å²) in [4.78, 5) is 15.9. The van der Waals surface area contributed by atoms with Gasteiger partial charge in [0.15, 0.2) is 0 Å². The number of benzene rings is 1. The SMILES string of the molecule is CCOc1cc(-c2ccc(Cl)cc2)nc(CC)c1C(=O)O.[H-].[Na+]. The Hall–Kier alpha value is -1.07. The minimum absolute atomic E-state index is 0. The molecule has 0 unspecified atom stereocenters. The number of carboxylic acid groups (broad SMARTS) is 1. The number of halogens is 1. The number of pyridine rings is 1. The van der Waals surface area contributed by atoms with E-state index < -0.39 is 5.97 Å². The van der Waals surface area contributed by atoms with Crippen molar-refractivity contribution in [1.29, 1.82) is 0 Å². The number of hydrogen-bond acceptors (Lipinski definition) is 3. The van der Waals surface area contributed by atoms with E-state index in [1.165, 1.54) is 0 Å². The van der Waals surface area contributed by atoms with Gasteiger partial charge in [0.1, 0.15) is 11.3 Å². The molecule has 1 N–H and O–H groups in total. The predicted octanol–water partition coefficient (Wildman–Crippen LogP) is 1.18. The second kappa shape index (κ2) is 8.53. The van der Waals surface area contributed by atoms with Gasteiger partial charge in [-0.3, -0.25) is 4.98 Å². The van der Waals surface area contributed by atoms with Crippen LogP contribution in [0.2, 0.25) is 5.02 Å². The van der Waals surface area contributed by atoms with Crippen molar-refractivity contribution in [2.75, 3.05) is 6.61 Å². The minimum atomic E-state index is -1.02. The van der Waals surface area contributed by atoms with Crippen LogP contribution < -0.4 is 34.3 Å². The summed E-state index contributed by atoms with van der Waals surface area (Å²) < 4.78 is 5.48. The number of nitrogens with zero attached hydrogens (tertiary/aromatic N) is 1. The predicted molar refractivity (Wildman–Crippen MR) is 83.3 cm³/mol. The molecule has 2 aromatic rings. The fourth-order valence-electron chi connectivity index (χ4n) is 2.09. The molecule has 0 amide bonds. The largest absolute Gasteiger partial charge is 1.00 e. The van der Waals surface area contributed by atoms with Crippen LogP contribution in [0, 0.1) is 0 Å². The molecule has 0 fully saturated rings. The van der Waals surface area contributed by atoms with Crippen LogP contribution in [0.4, 0.5) is 0 Å². The number of aromatic nitrogens is 1. The standard InChI is InChI=1S/C16H16ClNO3.Na.H/c1-3-12-15(16(19)20)14(21-4-2)9-13(18-12)10-5-7-11(17)8-6-10;;/h5-9H,3-4H2,1-2H3,(H,19,20);;/q;+1;-1. The van der Waals surface area contributed by atoms with E-state index in [2.05, 4.69) is 4.98 Å². The molecule has 1 aromatic carbocycles. The fraction of sp³-hybridized carbons (Fsp3) is 0.250. The van der Waals surface area contributed by atoms with Crippen molar-refractivity contribution in [3.05, 3.63) is 46.6 Å². The van der Waals surface area contributed by atoms with Crippen LogP contribution in [0.15, 0.2) is 30.3 Å². The normalized spacial score (nSPS) is 9.95. The van der Waals surface area contributed by atoms with Crippen molar-refractivity contribution in [1.82, 2.24) is 4.98 Å². The van der Waals surface area contributed by atoms with Gasteiger partial charge in [-0.25, -0.2) is 4.79 Å². The molecular formula is C16H17ClNNaO3. The summed E-state index contributed by atoms with van der Waals surface area (Å²) >= 11 is 5.88. The zero-order valence-electron chi connectivity index (χ0n) is 13.9. The summed E-state index contributed by atoms with van der Waals surface area (Å²) in [7, 11) is 0. The summed E-state index contributed by atoms with van der Waals surface area (Å²) in [5.74, 6) is -0.674. The van der Waals surface area contributed by atoms with Gasteiger partial charge in [-0.2, -0.15) is 0 Å². The first-order valence-corrected chi connectivity index (χ1v) is 7.10. The molecule has 112 valence electrons. The Bertz CT molecular complexity index is 665. The monoisotopic (exact) mass is 329 g/mol. The molecule has 4 nitrogen and oxygen atoms in total. The van der Waals surface area contributed by atoms with Crippen molar-refractivity contribution in [2.45, 2.75) is 20.3 Å². The maximum absolute atomic E-state index is 11.4. The van der Waals surface area contributed by atoms with Gasteiger partial charge in [-0.1, -0.05) is 30.7 Å². The fourth-order valence-corrected chi connectivity index (χ4v) is 2.22. The van der Waals surface area contributed by atoms with Crippen LogP contribution in [-0.2, 0) is 6.42 Å². The van der Waals surface area contributed by atoms with E-state index in [1.807, 2.05) is 26.0 Å². The van der Waals surface area contributed by atoms with E-state index in [0.717, 1.165) is 5.56 Å². The Labute approximate surface area is 158 Å². The number of carbonyl (C=O) groups is 1. The number of carboxylic acids is 1. The first-order chi connectivity index (χ1) is 10.1. The van der Waals surface area contributed by atoms with Crippen molar-refractivity contribution in [3.8, 4) is 17.0 Å². The molecule has 0 radical (unpaired) electrons. The van der Waals surface area contributed by atoms with Gasteiger partial charge >= 0.3 is 35.5 Å². The van der Waals surface area contributed by atoms with Crippen LogP contribution in [0.3, 0.4) is 0 Å². The first-order valence-electron chi connectivity index (χ1n) is 6.72. The zero-order chi connectivity index (χ0) is 15.4. The third kappa shape index (κ3) is 4.23. The maximum Gasteiger partial charge on any atom is 1.00 e. The quantitative estimate of drug-likeness (QED) is 0.837. The summed E-state index contributed by atoms with van der Waals surface area (Å²) in [6.07, 6.45) is 0.517. The summed E-state index contributed by atoms with van der Waals surface area (Å²) in [6, 6.07) is 8.90. The van der Waals surface area contributed by atoms with Crippen LogP contribution in [0.25, 0.3) is 11.3 Å². The number of aryl methyl sites for hydroxylation is 1. The molecule has 6 heteroatoms. The molecule has 0 saturated heterocycles. The summed E-state index contributed by atoms with van der Waals surface area (Å²) in [6.45, 7) is 4.09. The molecule has 0 saturated carbocycles. The van der Waals surface area contributed by atoms with Gasteiger partial charge < -0.3 is 11.3 Å². The minimum Gasteiger partial charge on any atom is -1.00 e.